The summed E-state index contributed by atoms with van der Waals surface area (Å²) in [6.45, 7) is 6.74. The van der Waals surface area contributed by atoms with Crippen LogP contribution in [0, 0.1) is 17.8 Å². The molecule has 0 amide bonds. The minimum Gasteiger partial charge on any atom is -0.493 e. The van der Waals surface area contributed by atoms with E-state index in [9.17, 15) is 10.2 Å². The fraction of sp³-hybridized carbons (Fsp3) is 0.600. The van der Waals surface area contributed by atoms with Crippen LogP contribution in [0.25, 0.3) is 5.57 Å². The van der Waals surface area contributed by atoms with E-state index in [-0.39, 0.29) is 12.5 Å². The molecule has 1 aromatic heterocycles. The summed E-state index contributed by atoms with van der Waals surface area (Å²) in [4.78, 5) is 13.5. The van der Waals surface area contributed by atoms with E-state index in [0.29, 0.717) is 11.8 Å². The molecule has 2 unspecified atom stereocenters. The van der Waals surface area contributed by atoms with E-state index in [4.69, 9.17) is 4.74 Å². The van der Waals surface area contributed by atoms with Crippen LogP contribution in [0.15, 0.2) is 42.7 Å². The van der Waals surface area contributed by atoms with Gasteiger partial charge in [-0.1, -0.05) is 25.1 Å². The van der Waals surface area contributed by atoms with Crippen molar-refractivity contribution >= 4 is 11.5 Å². The summed E-state index contributed by atoms with van der Waals surface area (Å²) in [6.07, 6.45) is 12.8. The summed E-state index contributed by atoms with van der Waals surface area (Å²) in [6, 6.07) is 8.53. The van der Waals surface area contributed by atoms with Crippen molar-refractivity contribution in [3.63, 3.8) is 0 Å². The Hall–Kier alpha value is -2.48. The van der Waals surface area contributed by atoms with E-state index < -0.39 is 6.23 Å². The standard InChI is InChI=1S/C30H42N4O3/c1-2-22-17-31-30(32-18-22)33-14-11-23(12-15-33)21-37-28-9-7-26(8-10-28)25-3-5-27(6-4-25)29(36)34-16-13-24(19-34)20-35/h3,7-10,17-18,23-24,27,29,35-36H,2,4-6,11-16,19-21H2,1H3/t24-,27?,29?/m0/s1. The number of benzene rings is 1. The van der Waals surface area contributed by atoms with Crippen LogP contribution < -0.4 is 9.64 Å². The number of aryl methyl sites for hydroxylation is 1. The van der Waals surface area contributed by atoms with Crippen LogP contribution >= 0.6 is 0 Å². The van der Waals surface area contributed by atoms with Gasteiger partial charge in [-0.05, 0) is 85.6 Å². The van der Waals surface area contributed by atoms with E-state index in [1.165, 1.54) is 16.7 Å². The smallest absolute Gasteiger partial charge is 0.225 e. The predicted octanol–water partition coefficient (Wildman–Crippen LogP) is 4.15. The van der Waals surface area contributed by atoms with Gasteiger partial charge < -0.3 is 19.8 Å². The molecule has 0 radical (unpaired) electrons. The minimum absolute atomic E-state index is 0.223. The van der Waals surface area contributed by atoms with Crippen molar-refractivity contribution in [1.82, 2.24) is 14.9 Å². The van der Waals surface area contributed by atoms with Gasteiger partial charge in [-0.2, -0.15) is 0 Å². The number of aliphatic hydroxyl groups is 2. The highest BCUT2D eigenvalue weighted by molar-refractivity contribution is 5.66. The molecular formula is C30H42N4O3. The van der Waals surface area contributed by atoms with Crippen molar-refractivity contribution in [1.29, 1.82) is 0 Å². The van der Waals surface area contributed by atoms with E-state index in [2.05, 4.69) is 57.0 Å². The average molecular weight is 507 g/mol. The largest absolute Gasteiger partial charge is 0.493 e. The summed E-state index contributed by atoms with van der Waals surface area (Å²) < 4.78 is 6.16. The third-order valence-electron chi connectivity index (χ3n) is 8.53. The highest BCUT2D eigenvalue weighted by Crippen LogP contribution is 2.34. The molecule has 5 rings (SSSR count). The molecule has 7 heteroatoms. The number of aliphatic hydroxyl groups excluding tert-OH is 2. The molecule has 2 N–H and O–H groups in total. The maximum atomic E-state index is 10.8. The lowest BCUT2D eigenvalue weighted by Gasteiger charge is -2.32. The lowest BCUT2D eigenvalue weighted by Crippen LogP contribution is -2.39. The van der Waals surface area contributed by atoms with Crippen molar-refractivity contribution in [3.05, 3.63) is 53.9 Å². The molecule has 1 aliphatic carbocycles. The van der Waals surface area contributed by atoms with Gasteiger partial charge in [0, 0.05) is 51.1 Å². The number of hydrogen-bond donors (Lipinski definition) is 2. The minimum atomic E-state index is -0.397. The SMILES string of the molecule is CCc1cnc(N2CCC(COc3ccc(C4=CCC(C(O)N5CC[C@H](CO)C5)CC4)cc3)CC2)nc1. The van der Waals surface area contributed by atoms with Crippen molar-refractivity contribution in [3.8, 4) is 5.75 Å². The Morgan fingerprint density at radius 1 is 1.00 bits per heavy atom. The van der Waals surface area contributed by atoms with Crippen molar-refractivity contribution in [2.24, 2.45) is 17.8 Å². The van der Waals surface area contributed by atoms with E-state index in [1.807, 2.05) is 12.4 Å². The Balaban J connectivity index is 1.06. The first kappa shape index (κ1) is 26.1. The maximum Gasteiger partial charge on any atom is 0.225 e. The van der Waals surface area contributed by atoms with Gasteiger partial charge in [0.05, 0.1) is 6.61 Å². The molecule has 2 aromatic rings. The Labute approximate surface area is 221 Å². The van der Waals surface area contributed by atoms with Crippen molar-refractivity contribution in [2.75, 3.05) is 44.3 Å². The van der Waals surface area contributed by atoms with Gasteiger partial charge in [0.25, 0.3) is 0 Å². The highest BCUT2D eigenvalue weighted by Gasteiger charge is 2.32. The lowest BCUT2D eigenvalue weighted by atomic mass is 9.85. The van der Waals surface area contributed by atoms with Crippen molar-refractivity contribution in [2.45, 2.75) is 58.1 Å². The summed E-state index contributed by atoms with van der Waals surface area (Å²) in [5.74, 6) is 2.92. The number of nitrogens with zero attached hydrogens (tertiary/aromatic N) is 4. The molecule has 3 heterocycles. The molecule has 200 valence electrons. The number of allylic oxidation sites excluding steroid dienone is 2. The van der Waals surface area contributed by atoms with Gasteiger partial charge in [0.15, 0.2) is 0 Å². The lowest BCUT2D eigenvalue weighted by molar-refractivity contribution is -0.0319. The highest BCUT2D eigenvalue weighted by atomic mass is 16.5. The summed E-state index contributed by atoms with van der Waals surface area (Å²) >= 11 is 0. The molecule has 0 bridgehead atoms. The first-order chi connectivity index (χ1) is 18.1. The second-order valence-electron chi connectivity index (χ2n) is 11.0. The molecule has 7 nitrogen and oxygen atoms in total. The molecule has 0 saturated carbocycles. The molecule has 2 fully saturated rings. The van der Waals surface area contributed by atoms with Crippen LogP contribution in [0.5, 0.6) is 5.75 Å². The third-order valence-corrected chi connectivity index (χ3v) is 8.53. The van der Waals surface area contributed by atoms with E-state index in [0.717, 1.165) is 89.4 Å². The number of hydrogen-bond acceptors (Lipinski definition) is 7. The second-order valence-corrected chi connectivity index (χ2v) is 11.0. The third kappa shape index (κ3) is 6.51. The maximum absolute atomic E-state index is 10.8. The zero-order valence-corrected chi connectivity index (χ0v) is 22.1. The van der Waals surface area contributed by atoms with Crippen LogP contribution in [0.4, 0.5) is 5.95 Å². The van der Waals surface area contributed by atoms with Crippen LogP contribution in [-0.4, -0.2) is 70.7 Å². The van der Waals surface area contributed by atoms with Gasteiger partial charge in [-0.3, -0.25) is 4.90 Å². The normalized spacial score (nSPS) is 24.2. The zero-order valence-electron chi connectivity index (χ0n) is 22.1. The molecule has 2 saturated heterocycles. The Morgan fingerprint density at radius 3 is 2.35 bits per heavy atom. The Morgan fingerprint density at radius 2 is 1.73 bits per heavy atom. The van der Waals surface area contributed by atoms with Crippen LogP contribution in [0.2, 0.25) is 0 Å². The molecule has 0 spiro atoms. The summed E-state index contributed by atoms with van der Waals surface area (Å²) in [5.41, 5.74) is 3.80. The quantitative estimate of drug-likeness (QED) is 0.529. The first-order valence-electron chi connectivity index (χ1n) is 14.1. The number of likely N-dealkylation sites (tertiary alicyclic amines) is 1. The number of anilines is 1. The number of aromatic nitrogens is 2. The first-order valence-corrected chi connectivity index (χ1v) is 14.1. The van der Waals surface area contributed by atoms with Crippen molar-refractivity contribution < 1.29 is 14.9 Å². The van der Waals surface area contributed by atoms with Gasteiger partial charge in [-0.25, -0.2) is 9.97 Å². The molecule has 3 atom stereocenters. The topological polar surface area (TPSA) is 82.0 Å². The molecule has 3 aliphatic rings. The Bertz CT molecular complexity index is 1020. The van der Waals surface area contributed by atoms with Gasteiger partial charge >= 0.3 is 0 Å². The fourth-order valence-corrected chi connectivity index (χ4v) is 5.91. The summed E-state index contributed by atoms with van der Waals surface area (Å²) in [5, 5.41) is 20.2. The van der Waals surface area contributed by atoms with Crippen LogP contribution in [0.1, 0.15) is 56.6 Å². The van der Waals surface area contributed by atoms with Gasteiger partial charge in [0.1, 0.15) is 12.0 Å². The van der Waals surface area contributed by atoms with Crippen LogP contribution in [-0.2, 0) is 6.42 Å². The number of rotatable bonds is 9. The predicted molar refractivity (Wildman–Crippen MR) is 146 cm³/mol. The molecule has 1 aromatic carbocycles. The average Bonchev–Trinajstić information content (AvgIpc) is 3.46. The second kappa shape index (κ2) is 12.4. The molecule has 37 heavy (non-hydrogen) atoms. The number of piperidine rings is 1. The fourth-order valence-electron chi connectivity index (χ4n) is 5.91. The Kier molecular flexibility index (Phi) is 8.74. The van der Waals surface area contributed by atoms with E-state index >= 15 is 0 Å². The van der Waals surface area contributed by atoms with Gasteiger partial charge in [-0.15, -0.1) is 0 Å². The number of ether oxygens (including phenoxy) is 1. The molecular weight excluding hydrogens is 464 g/mol. The summed E-state index contributed by atoms with van der Waals surface area (Å²) in [7, 11) is 0. The van der Waals surface area contributed by atoms with Crippen LogP contribution in [0.3, 0.4) is 0 Å². The zero-order chi connectivity index (χ0) is 25.6. The molecule has 2 aliphatic heterocycles. The van der Waals surface area contributed by atoms with E-state index in [1.54, 1.807) is 0 Å². The monoisotopic (exact) mass is 506 g/mol. The van der Waals surface area contributed by atoms with Gasteiger partial charge in [0.2, 0.25) is 5.95 Å².